The van der Waals surface area contributed by atoms with Crippen molar-refractivity contribution >= 4 is 17.3 Å². The van der Waals surface area contributed by atoms with Crippen LogP contribution in [0.4, 0.5) is 8.78 Å². The SMILES string of the molecule is COC(=O)c1csc(-c2cc(F)ccc2F)n1. The monoisotopic (exact) mass is 255 g/mol. The Kier molecular flexibility index (Phi) is 3.14. The third kappa shape index (κ3) is 2.31. The van der Waals surface area contributed by atoms with Gasteiger partial charge in [0.25, 0.3) is 0 Å². The number of hydrogen-bond donors (Lipinski definition) is 0. The molecule has 2 rings (SSSR count). The number of nitrogens with zero attached hydrogens (tertiary/aromatic N) is 1. The van der Waals surface area contributed by atoms with Crippen LogP contribution in [-0.4, -0.2) is 18.1 Å². The van der Waals surface area contributed by atoms with Crippen molar-refractivity contribution in [2.24, 2.45) is 0 Å². The van der Waals surface area contributed by atoms with Gasteiger partial charge in [-0.3, -0.25) is 0 Å². The third-order valence-corrected chi connectivity index (χ3v) is 2.93. The minimum absolute atomic E-state index is 0.0325. The van der Waals surface area contributed by atoms with Crippen LogP contribution < -0.4 is 0 Å². The Morgan fingerprint density at radius 2 is 2.18 bits per heavy atom. The Hall–Kier alpha value is -1.82. The first-order chi connectivity index (χ1) is 8.11. The van der Waals surface area contributed by atoms with Crippen molar-refractivity contribution in [2.75, 3.05) is 7.11 Å². The Bertz CT molecular complexity index is 568. The predicted octanol–water partition coefficient (Wildman–Crippen LogP) is 2.87. The van der Waals surface area contributed by atoms with E-state index in [4.69, 9.17) is 0 Å². The molecule has 0 bridgehead atoms. The maximum Gasteiger partial charge on any atom is 0.357 e. The largest absolute Gasteiger partial charge is 0.464 e. The van der Waals surface area contributed by atoms with Crippen molar-refractivity contribution < 1.29 is 18.3 Å². The lowest BCUT2D eigenvalue weighted by molar-refractivity contribution is 0.0595. The topological polar surface area (TPSA) is 39.2 Å². The van der Waals surface area contributed by atoms with E-state index in [0.29, 0.717) is 0 Å². The number of carbonyl (C=O) groups is 1. The summed E-state index contributed by atoms with van der Waals surface area (Å²) in [6, 6.07) is 3.08. The van der Waals surface area contributed by atoms with Crippen molar-refractivity contribution in [3.05, 3.63) is 40.9 Å². The van der Waals surface area contributed by atoms with Crippen LogP contribution >= 0.6 is 11.3 Å². The first kappa shape index (κ1) is 11.7. The first-order valence-electron chi connectivity index (χ1n) is 4.61. The molecular weight excluding hydrogens is 248 g/mol. The van der Waals surface area contributed by atoms with Crippen molar-refractivity contribution in [3.8, 4) is 10.6 Å². The number of halogens is 2. The molecule has 1 aromatic heterocycles. The molecule has 0 aliphatic rings. The summed E-state index contributed by atoms with van der Waals surface area (Å²) in [5.41, 5.74) is 0.112. The summed E-state index contributed by atoms with van der Waals surface area (Å²) >= 11 is 1.05. The van der Waals surface area contributed by atoms with Crippen LogP contribution in [0.25, 0.3) is 10.6 Å². The van der Waals surface area contributed by atoms with Crippen molar-refractivity contribution in [1.29, 1.82) is 0 Å². The van der Waals surface area contributed by atoms with E-state index in [0.717, 1.165) is 29.5 Å². The number of methoxy groups -OCH3 is 1. The Labute approximate surface area is 99.7 Å². The van der Waals surface area contributed by atoms with E-state index < -0.39 is 17.6 Å². The summed E-state index contributed by atoms with van der Waals surface area (Å²) in [7, 11) is 1.23. The van der Waals surface area contributed by atoms with E-state index in [1.165, 1.54) is 12.5 Å². The summed E-state index contributed by atoms with van der Waals surface area (Å²) in [6.45, 7) is 0. The van der Waals surface area contributed by atoms with E-state index in [2.05, 4.69) is 9.72 Å². The summed E-state index contributed by atoms with van der Waals surface area (Å²) < 4.78 is 30.9. The molecule has 0 saturated carbocycles. The minimum atomic E-state index is -0.607. The summed E-state index contributed by atoms with van der Waals surface area (Å²) in [5, 5.41) is 1.67. The smallest absolute Gasteiger partial charge is 0.357 e. The lowest BCUT2D eigenvalue weighted by atomic mass is 10.2. The van der Waals surface area contributed by atoms with E-state index in [-0.39, 0.29) is 16.3 Å². The molecule has 0 saturated heterocycles. The lowest BCUT2D eigenvalue weighted by Gasteiger charge is -1.98. The highest BCUT2D eigenvalue weighted by Gasteiger charge is 2.14. The van der Waals surface area contributed by atoms with Gasteiger partial charge in [-0.15, -0.1) is 11.3 Å². The molecule has 1 heterocycles. The number of carbonyl (C=O) groups excluding carboxylic acids is 1. The summed E-state index contributed by atoms with van der Waals surface area (Å²) in [6.07, 6.45) is 0. The van der Waals surface area contributed by atoms with Gasteiger partial charge in [-0.25, -0.2) is 18.6 Å². The standard InChI is InChI=1S/C11H7F2NO2S/c1-16-11(15)9-5-17-10(14-9)7-4-6(12)2-3-8(7)13/h2-5H,1H3. The summed E-state index contributed by atoms with van der Waals surface area (Å²) in [5.74, 6) is -1.75. The van der Waals surface area contributed by atoms with E-state index in [1.807, 2.05) is 0 Å². The number of rotatable bonds is 2. The molecule has 0 spiro atoms. The van der Waals surface area contributed by atoms with Gasteiger partial charge in [0, 0.05) is 10.9 Å². The number of aromatic nitrogens is 1. The first-order valence-corrected chi connectivity index (χ1v) is 5.49. The van der Waals surface area contributed by atoms with Crippen molar-refractivity contribution in [2.45, 2.75) is 0 Å². The second kappa shape index (κ2) is 4.58. The van der Waals surface area contributed by atoms with Gasteiger partial charge in [0.1, 0.15) is 16.6 Å². The Morgan fingerprint density at radius 3 is 2.88 bits per heavy atom. The molecule has 0 radical (unpaired) electrons. The number of hydrogen-bond acceptors (Lipinski definition) is 4. The normalized spacial score (nSPS) is 10.3. The van der Waals surface area contributed by atoms with Crippen LogP contribution in [0.2, 0.25) is 0 Å². The highest BCUT2D eigenvalue weighted by atomic mass is 32.1. The van der Waals surface area contributed by atoms with Gasteiger partial charge in [0.2, 0.25) is 0 Å². The molecule has 6 heteroatoms. The van der Waals surface area contributed by atoms with Gasteiger partial charge in [-0.05, 0) is 18.2 Å². The molecule has 88 valence electrons. The minimum Gasteiger partial charge on any atom is -0.464 e. The van der Waals surface area contributed by atoms with Gasteiger partial charge in [0.05, 0.1) is 7.11 Å². The van der Waals surface area contributed by atoms with Crippen molar-refractivity contribution in [1.82, 2.24) is 4.98 Å². The third-order valence-electron chi connectivity index (χ3n) is 2.06. The maximum absolute atomic E-state index is 13.4. The maximum atomic E-state index is 13.4. The molecule has 0 N–H and O–H groups in total. The van der Waals surface area contributed by atoms with Crippen LogP contribution in [0, 0.1) is 11.6 Å². The molecule has 0 amide bonds. The molecule has 17 heavy (non-hydrogen) atoms. The van der Waals surface area contributed by atoms with Gasteiger partial charge >= 0.3 is 5.97 Å². The lowest BCUT2D eigenvalue weighted by Crippen LogP contribution is -2.01. The van der Waals surface area contributed by atoms with Crippen LogP contribution in [-0.2, 0) is 4.74 Å². The second-order valence-corrected chi connectivity index (χ2v) is 4.01. The number of ether oxygens (including phenoxy) is 1. The zero-order valence-electron chi connectivity index (χ0n) is 8.74. The summed E-state index contributed by atoms with van der Waals surface area (Å²) in [4.78, 5) is 15.1. The van der Waals surface area contributed by atoms with E-state index in [1.54, 1.807) is 0 Å². The average Bonchev–Trinajstić information content (AvgIpc) is 2.80. The molecule has 3 nitrogen and oxygen atoms in total. The Morgan fingerprint density at radius 1 is 1.41 bits per heavy atom. The zero-order chi connectivity index (χ0) is 12.4. The van der Waals surface area contributed by atoms with E-state index >= 15 is 0 Å². The molecule has 1 aromatic carbocycles. The molecule has 0 atom stereocenters. The number of benzene rings is 1. The highest BCUT2D eigenvalue weighted by Crippen LogP contribution is 2.27. The molecule has 0 aliphatic carbocycles. The van der Waals surface area contributed by atoms with Gasteiger partial charge in [-0.1, -0.05) is 0 Å². The average molecular weight is 255 g/mol. The fourth-order valence-corrected chi connectivity index (χ4v) is 2.06. The predicted molar refractivity (Wildman–Crippen MR) is 58.8 cm³/mol. The molecule has 2 aromatic rings. The number of esters is 1. The van der Waals surface area contributed by atoms with Crippen LogP contribution in [0.1, 0.15) is 10.5 Å². The van der Waals surface area contributed by atoms with Crippen LogP contribution in [0.3, 0.4) is 0 Å². The van der Waals surface area contributed by atoms with Gasteiger partial charge in [-0.2, -0.15) is 0 Å². The molecule has 0 fully saturated rings. The van der Waals surface area contributed by atoms with Gasteiger partial charge < -0.3 is 4.74 Å². The van der Waals surface area contributed by atoms with Crippen LogP contribution in [0.15, 0.2) is 23.6 Å². The quantitative estimate of drug-likeness (QED) is 0.774. The fraction of sp³-hybridized carbons (Fsp3) is 0.0909. The second-order valence-electron chi connectivity index (χ2n) is 3.15. The Balaban J connectivity index is 2.43. The molecule has 0 unspecified atom stereocenters. The zero-order valence-corrected chi connectivity index (χ0v) is 9.55. The molecule has 0 aliphatic heterocycles. The van der Waals surface area contributed by atoms with Gasteiger partial charge in [0.15, 0.2) is 5.69 Å². The van der Waals surface area contributed by atoms with E-state index in [9.17, 15) is 13.6 Å². The fourth-order valence-electron chi connectivity index (χ4n) is 1.26. The van der Waals surface area contributed by atoms with Crippen LogP contribution in [0.5, 0.6) is 0 Å². The number of thiazole rings is 1. The highest BCUT2D eigenvalue weighted by molar-refractivity contribution is 7.13. The molecular formula is C11H7F2NO2S. The van der Waals surface area contributed by atoms with Crippen molar-refractivity contribution in [3.63, 3.8) is 0 Å².